The fourth-order valence-corrected chi connectivity index (χ4v) is 3.41. The lowest BCUT2D eigenvalue weighted by molar-refractivity contribution is 0.0993. The Labute approximate surface area is 163 Å². The predicted octanol–water partition coefficient (Wildman–Crippen LogP) is 5.12. The first-order valence-corrected chi connectivity index (χ1v) is 9.70. The van der Waals surface area contributed by atoms with E-state index in [1.807, 2.05) is 70.2 Å². The summed E-state index contributed by atoms with van der Waals surface area (Å²) in [6, 6.07) is 13.4. The summed E-state index contributed by atoms with van der Waals surface area (Å²) in [4.78, 5) is 12.8. The van der Waals surface area contributed by atoms with Gasteiger partial charge in [-0.1, -0.05) is 29.5 Å². The molecular weight excluding hydrogens is 360 g/mol. The molecule has 0 saturated heterocycles. The van der Waals surface area contributed by atoms with Crippen LogP contribution in [-0.2, 0) is 0 Å². The van der Waals surface area contributed by atoms with E-state index in [9.17, 15) is 4.79 Å². The van der Waals surface area contributed by atoms with Crippen LogP contribution in [0.1, 0.15) is 35.3 Å². The molecule has 0 amide bonds. The lowest BCUT2D eigenvalue weighted by Crippen LogP contribution is -2.15. The van der Waals surface area contributed by atoms with E-state index in [-0.39, 0.29) is 11.0 Å². The number of aryl methyl sites for hydroxylation is 2. The van der Waals surface area contributed by atoms with Gasteiger partial charge >= 0.3 is 0 Å². The van der Waals surface area contributed by atoms with Crippen molar-refractivity contribution in [1.29, 1.82) is 0 Å². The van der Waals surface area contributed by atoms with Crippen LogP contribution < -0.4 is 4.74 Å². The molecule has 3 aromatic rings. The zero-order valence-electron chi connectivity index (χ0n) is 15.9. The molecule has 1 heterocycles. The minimum absolute atomic E-state index is 0.0574. The molecule has 0 fully saturated rings. The minimum Gasteiger partial charge on any atom is -0.494 e. The number of thioether (sulfide) groups is 1. The van der Waals surface area contributed by atoms with Gasteiger partial charge in [0.25, 0.3) is 5.22 Å². The standard InChI is InChI=1S/C21H22N2O3S/c1-5-25-17-10-8-16(9-11-17)20-22-23-21(26-20)27-15(4)19(24)18-12-13(2)6-7-14(18)3/h6-12,15H,5H2,1-4H3/t15-/m0/s1. The van der Waals surface area contributed by atoms with Gasteiger partial charge in [-0.15, -0.1) is 10.2 Å². The molecule has 1 aromatic heterocycles. The van der Waals surface area contributed by atoms with Gasteiger partial charge in [0.05, 0.1) is 11.9 Å². The topological polar surface area (TPSA) is 65.2 Å². The summed E-state index contributed by atoms with van der Waals surface area (Å²) < 4.78 is 11.2. The molecule has 0 spiro atoms. The maximum absolute atomic E-state index is 12.8. The number of ether oxygens (including phenoxy) is 1. The first-order valence-electron chi connectivity index (χ1n) is 8.82. The lowest BCUT2D eigenvalue weighted by atomic mass is 10.0. The van der Waals surface area contributed by atoms with E-state index in [0.717, 1.165) is 28.0 Å². The maximum Gasteiger partial charge on any atom is 0.277 e. The number of rotatable bonds is 7. The lowest BCUT2D eigenvalue weighted by Gasteiger charge is -2.10. The molecule has 5 nitrogen and oxygen atoms in total. The number of carbonyl (C=O) groups is 1. The van der Waals surface area contributed by atoms with Crippen LogP contribution in [0.25, 0.3) is 11.5 Å². The molecule has 2 aromatic carbocycles. The van der Waals surface area contributed by atoms with Gasteiger partial charge in [-0.2, -0.15) is 0 Å². The molecule has 0 bridgehead atoms. The van der Waals surface area contributed by atoms with Crippen molar-refractivity contribution in [3.8, 4) is 17.2 Å². The van der Waals surface area contributed by atoms with Crippen molar-refractivity contribution in [3.63, 3.8) is 0 Å². The van der Waals surface area contributed by atoms with Gasteiger partial charge in [0.1, 0.15) is 5.75 Å². The van der Waals surface area contributed by atoms with Gasteiger partial charge in [-0.3, -0.25) is 4.79 Å². The Balaban J connectivity index is 1.71. The molecule has 1 atom stereocenters. The van der Waals surface area contributed by atoms with Crippen LogP contribution in [0, 0.1) is 13.8 Å². The molecule has 0 saturated carbocycles. The van der Waals surface area contributed by atoms with Crippen molar-refractivity contribution in [3.05, 3.63) is 59.2 Å². The van der Waals surface area contributed by atoms with Gasteiger partial charge in [0.2, 0.25) is 5.89 Å². The van der Waals surface area contributed by atoms with E-state index in [1.54, 1.807) is 0 Å². The van der Waals surface area contributed by atoms with Gasteiger partial charge in [0.15, 0.2) is 5.78 Å². The van der Waals surface area contributed by atoms with Crippen LogP contribution in [0.5, 0.6) is 5.75 Å². The zero-order chi connectivity index (χ0) is 19.4. The van der Waals surface area contributed by atoms with Crippen molar-refractivity contribution in [2.45, 2.75) is 38.2 Å². The first kappa shape index (κ1) is 19.2. The number of Topliss-reactive ketones (excluding diaryl/α,β-unsaturated/α-hetero) is 1. The van der Waals surface area contributed by atoms with Gasteiger partial charge in [0, 0.05) is 11.1 Å². The average molecular weight is 382 g/mol. The number of ketones is 1. The smallest absolute Gasteiger partial charge is 0.277 e. The Morgan fingerprint density at radius 2 is 1.89 bits per heavy atom. The Bertz CT molecular complexity index is 935. The Morgan fingerprint density at radius 3 is 2.59 bits per heavy atom. The second-order valence-corrected chi connectivity index (χ2v) is 7.57. The Kier molecular flexibility index (Phi) is 5.96. The van der Waals surface area contributed by atoms with Crippen LogP contribution in [0.3, 0.4) is 0 Å². The second kappa shape index (κ2) is 8.39. The van der Waals surface area contributed by atoms with Crippen molar-refractivity contribution in [2.75, 3.05) is 6.61 Å². The Hall–Kier alpha value is -2.60. The number of aromatic nitrogens is 2. The molecule has 0 aliphatic carbocycles. The monoisotopic (exact) mass is 382 g/mol. The minimum atomic E-state index is -0.320. The predicted molar refractivity (Wildman–Crippen MR) is 106 cm³/mol. The molecular formula is C21H22N2O3S. The number of hydrogen-bond donors (Lipinski definition) is 0. The van der Waals surface area contributed by atoms with Crippen molar-refractivity contribution >= 4 is 17.5 Å². The van der Waals surface area contributed by atoms with E-state index in [0.29, 0.717) is 17.7 Å². The number of carbonyl (C=O) groups excluding carboxylic acids is 1. The van der Waals surface area contributed by atoms with Gasteiger partial charge in [-0.05, 0) is 63.6 Å². The van der Waals surface area contributed by atoms with E-state index >= 15 is 0 Å². The zero-order valence-corrected chi connectivity index (χ0v) is 16.7. The van der Waals surface area contributed by atoms with Gasteiger partial charge < -0.3 is 9.15 Å². The Morgan fingerprint density at radius 1 is 1.15 bits per heavy atom. The summed E-state index contributed by atoms with van der Waals surface area (Å²) in [6.07, 6.45) is 0. The molecule has 0 radical (unpaired) electrons. The highest BCUT2D eigenvalue weighted by Crippen LogP contribution is 2.29. The summed E-state index contributed by atoms with van der Waals surface area (Å²) >= 11 is 1.27. The third-order valence-corrected chi connectivity index (χ3v) is 5.06. The molecule has 0 unspecified atom stereocenters. The highest BCUT2D eigenvalue weighted by atomic mass is 32.2. The van der Waals surface area contributed by atoms with E-state index in [1.165, 1.54) is 11.8 Å². The van der Waals surface area contributed by atoms with Crippen LogP contribution in [0.15, 0.2) is 52.1 Å². The number of hydrogen-bond acceptors (Lipinski definition) is 6. The van der Waals surface area contributed by atoms with Crippen LogP contribution >= 0.6 is 11.8 Å². The second-order valence-electron chi connectivity index (χ2n) is 6.27. The van der Waals surface area contributed by atoms with Crippen LogP contribution in [0.4, 0.5) is 0 Å². The SMILES string of the molecule is CCOc1ccc(-c2nnc(S[C@@H](C)C(=O)c3cc(C)ccc3C)o2)cc1. The molecule has 27 heavy (non-hydrogen) atoms. The number of nitrogens with zero attached hydrogens (tertiary/aromatic N) is 2. The highest BCUT2D eigenvalue weighted by Gasteiger charge is 2.21. The maximum atomic E-state index is 12.8. The highest BCUT2D eigenvalue weighted by molar-refractivity contribution is 8.00. The van der Waals surface area contributed by atoms with Crippen molar-refractivity contribution in [2.24, 2.45) is 0 Å². The molecule has 0 N–H and O–H groups in total. The molecule has 0 aliphatic rings. The summed E-state index contributed by atoms with van der Waals surface area (Å²) in [5.41, 5.74) is 3.59. The quantitative estimate of drug-likeness (QED) is 0.418. The van der Waals surface area contributed by atoms with E-state index < -0.39 is 0 Å². The van der Waals surface area contributed by atoms with Crippen molar-refractivity contribution < 1.29 is 13.9 Å². The largest absolute Gasteiger partial charge is 0.494 e. The normalized spacial score (nSPS) is 12.0. The molecule has 6 heteroatoms. The molecule has 140 valence electrons. The summed E-state index contributed by atoms with van der Waals surface area (Å²) in [5.74, 6) is 1.28. The van der Waals surface area contributed by atoms with E-state index in [2.05, 4.69) is 10.2 Å². The van der Waals surface area contributed by atoms with Crippen LogP contribution in [-0.4, -0.2) is 27.8 Å². The molecule has 3 rings (SSSR count). The third-order valence-electron chi connectivity index (χ3n) is 4.12. The summed E-state index contributed by atoms with van der Waals surface area (Å²) in [7, 11) is 0. The molecule has 0 aliphatic heterocycles. The third kappa shape index (κ3) is 4.57. The number of benzene rings is 2. The van der Waals surface area contributed by atoms with Gasteiger partial charge in [-0.25, -0.2) is 0 Å². The first-order chi connectivity index (χ1) is 13.0. The fraction of sp³-hybridized carbons (Fsp3) is 0.286. The van der Waals surface area contributed by atoms with Crippen molar-refractivity contribution in [1.82, 2.24) is 10.2 Å². The fourth-order valence-electron chi connectivity index (χ4n) is 2.66. The van der Waals surface area contributed by atoms with E-state index in [4.69, 9.17) is 9.15 Å². The summed E-state index contributed by atoms with van der Waals surface area (Å²) in [6.45, 7) is 8.34. The summed E-state index contributed by atoms with van der Waals surface area (Å²) in [5, 5.41) is 8.22. The average Bonchev–Trinajstić information content (AvgIpc) is 3.12. The van der Waals surface area contributed by atoms with Crippen LogP contribution in [0.2, 0.25) is 0 Å².